The summed E-state index contributed by atoms with van der Waals surface area (Å²) in [6.45, 7) is 0. The van der Waals surface area contributed by atoms with Crippen molar-refractivity contribution in [3.63, 3.8) is 0 Å². The van der Waals surface area contributed by atoms with Crippen LogP contribution in [-0.4, -0.2) is 6.04 Å². The highest BCUT2D eigenvalue weighted by atomic mass is 79.9. The van der Waals surface area contributed by atoms with E-state index in [-0.39, 0.29) is 0 Å². The van der Waals surface area contributed by atoms with Gasteiger partial charge in [0, 0.05) is 20.8 Å². The number of nitrogens with one attached hydrogen (secondary N) is 1. The Morgan fingerprint density at radius 2 is 2.24 bits per heavy atom. The number of aryl methyl sites for hydroxylation is 1. The molecule has 1 heterocycles. The summed E-state index contributed by atoms with van der Waals surface area (Å²) in [5, 5.41) is 2.15. The van der Waals surface area contributed by atoms with Crippen molar-refractivity contribution >= 4 is 27.3 Å². The molecule has 1 fully saturated rings. The summed E-state index contributed by atoms with van der Waals surface area (Å²) in [7, 11) is 0. The van der Waals surface area contributed by atoms with Crippen molar-refractivity contribution in [3.05, 3.63) is 56.2 Å². The van der Waals surface area contributed by atoms with Crippen LogP contribution in [0, 0.1) is 11.8 Å². The molecule has 0 amide bonds. The molecule has 4 unspecified atom stereocenters. The van der Waals surface area contributed by atoms with Gasteiger partial charge in [-0.25, -0.2) is 0 Å². The summed E-state index contributed by atoms with van der Waals surface area (Å²) in [6.07, 6.45) is 3.58. The van der Waals surface area contributed by atoms with Gasteiger partial charge in [0.25, 0.3) is 0 Å². The molecule has 1 aromatic heterocycles. The van der Waals surface area contributed by atoms with Crippen LogP contribution in [0.2, 0.25) is 0 Å². The van der Waals surface area contributed by atoms with Crippen LogP contribution in [0.15, 0.2) is 40.2 Å². The van der Waals surface area contributed by atoms with E-state index in [0.29, 0.717) is 12.0 Å². The number of fused-ring (bicyclic) bond motifs is 3. The molecule has 0 saturated heterocycles. The number of benzene rings is 1. The van der Waals surface area contributed by atoms with Gasteiger partial charge in [-0.15, -0.1) is 11.3 Å². The van der Waals surface area contributed by atoms with Gasteiger partial charge >= 0.3 is 0 Å². The lowest BCUT2D eigenvalue weighted by atomic mass is 9.92. The first-order chi connectivity index (χ1) is 10.3. The molecule has 1 saturated carbocycles. The molecule has 1 aromatic carbocycles. The third-order valence-corrected chi connectivity index (χ3v) is 6.83. The van der Waals surface area contributed by atoms with E-state index in [9.17, 15) is 0 Å². The topological polar surface area (TPSA) is 38.0 Å². The van der Waals surface area contributed by atoms with Gasteiger partial charge in [0.1, 0.15) is 0 Å². The number of hydrazine groups is 1. The molecule has 2 aliphatic rings. The SMILES string of the molecule is NNC(Cc1cc(Br)cs1)C1C2CCc3ccccc3C21. The molecule has 4 rings (SSSR count). The molecule has 0 spiro atoms. The Morgan fingerprint density at radius 3 is 3.00 bits per heavy atom. The molecular weight excluding hydrogens is 344 g/mol. The molecule has 0 aliphatic heterocycles. The number of hydrogen-bond donors (Lipinski definition) is 2. The summed E-state index contributed by atoms with van der Waals surface area (Å²) in [6, 6.07) is 11.6. The van der Waals surface area contributed by atoms with Crippen LogP contribution in [0.3, 0.4) is 0 Å². The van der Waals surface area contributed by atoms with E-state index >= 15 is 0 Å². The van der Waals surface area contributed by atoms with Crippen LogP contribution in [0.4, 0.5) is 0 Å². The number of thiophene rings is 1. The van der Waals surface area contributed by atoms with Crippen molar-refractivity contribution in [1.29, 1.82) is 0 Å². The van der Waals surface area contributed by atoms with Gasteiger partial charge in [-0.05, 0) is 70.1 Å². The van der Waals surface area contributed by atoms with E-state index in [0.717, 1.165) is 18.3 Å². The third-order valence-electron chi connectivity index (χ3n) is 5.11. The van der Waals surface area contributed by atoms with Crippen molar-refractivity contribution in [3.8, 4) is 0 Å². The van der Waals surface area contributed by atoms with E-state index < -0.39 is 0 Å². The van der Waals surface area contributed by atoms with Crippen LogP contribution in [0.5, 0.6) is 0 Å². The molecule has 4 heteroatoms. The normalized spacial score (nSPS) is 27.8. The quantitative estimate of drug-likeness (QED) is 0.640. The zero-order valence-corrected chi connectivity index (χ0v) is 14.2. The lowest BCUT2D eigenvalue weighted by molar-refractivity contribution is 0.443. The van der Waals surface area contributed by atoms with E-state index in [1.165, 1.54) is 22.2 Å². The highest BCUT2D eigenvalue weighted by Gasteiger charge is 2.55. The van der Waals surface area contributed by atoms with Crippen LogP contribution in [0.25, 0.3) is 0 Å². The van der Waals surface area contributed by atoms with Gasteiger partial charge < -0.3 is 0 Å². The monoisotopic (exact) mass is 362 g/mol. The van der Waals surface area contributed by atoms with E-state index in [4.69, 9.17) is 5.84 Å². The molecule has 3 N–H and O–H groups in total. The molecule has 21 heavy (non-hydrogen) atoms. The Morgan fingerprint density at radius 1 is 1.38 bits per heavy atom. The van der Waals surface area contributed by atoms with Gasteiger partial charge in [0.05, 0.1) is 0 Å². The van der Waals surface area contributed by atoms with Crippen LogP contribution < -0.4 is 11.3 Å². The van der Waals surface area contributed by atoms with Gasteiger partial charge in [-0.3, -0.25) is 11.3 Å². The van der Waals surface area contributed by atoms with Crippen LogP contribution in [0.1, 0.15) is 28.3 Å². The molecular formula is C17H19BrN2S. The second-order valence-corrected chi connectivity index (χ2v) is 8.12. The lowest BCUT2D eigenvalue weighted by Gasteiger charge is -2.15. The molecule has 110 valence electrons. The minimum absolute atomic E-state index is 0.386. The number of rotatable bonds is 4. The van der Waals surface area contributed by atoms with Crippen molar-refractivity contribution < 1.29 is 0 Å². The van der Waals surface area contributed by atoms with E-state index in [1.54, 1.807) is 11.1 Å². The first-order valence-electron chi connectivity index (χ1n) is 7.55. The Balaban J connectivity index is 1.54. The van der Waals surface area contributed by atoms with Crippen molar-refractivity contribution in [1.82, 2.24) is 5.43 Å². The second kappa shape index (κ2) is 5.51. The van der Waals surface area contributed by atoms with Gasteiger partial charge in [0.15, 0.2) is 0 Å². The van der Waals surface area contributed by atoms with Crippen molar-refractivity contribution in [2.24, 2.45) is 17.7 Å². The Hall–Kier alpha value is -0.680. The standard InChI is InChI=1S/C17H19BrN2S/c18-11-7-12(21-9-11)8-15(20-19)17-14-6-5-10-3-1-2-4-13(10)16(14)17/h1-4,7,9,14-17,20H,5-6,8,19H2. The predicted molar refractivity (Wildman–Crippen MR) is 91.3 cm³/mol. The van der Waals surface area contributed by atoms with E-state index in [2.05, 4.69) is 57.1 Å². The zero-order valence-electron chi connectivity index (χ0n) is 11.8. The van der Waals surface area contributed by atoms with E-state index in [1.807, 2.05) is 11.3 Å². The summed E-state index contributed by atoms with van der Waals surface area (Å²) >= 11 is 5.35. The lowest BCUT2D eigenvalue weighted by Crippen LogP contribution is -2.39. The van der Waals surface area contributed by atoms with Gasteiger partial charge in [-0.2, -0.15) is 0 Å². The summed E-state index contributed by atoms with van der Waals surface area (Å²) in [5.41, 5.74) is 6.23. The summed E-state index contributed by atoms with van der Waals surface area (Å²) in [5.74, 6) is 8.12. The average molecular weight is 363 g/mol. The number of hydrogen-bond acceptors (Lipinski definition) is 3. The molecule has 0 radical (unpaired) electrons. The Labute approximate surface area is 137 Å². The van der Waals surface area contributed by atoms with Gasteiger partial charge in [-0.1, -0.05) is 24.3 Å². The fourth-order valence-corrected chi connectivity index (χ4v) is 5.66. The second-order valence-electron chi connectivity index (χ2n) is 6.21. The van der Waals surface area contributed by atoms with Crippen LogP contribution >= 0.6 is 27.3 Å². The minimum Gasteiger partial charge on any atom is -0.271 e. The fraction of sp³-hybridized carbons (Fsp3) is 0.412. The van der Waals surface area contributed by atoms with Crippen molar-refractivity contribution in [2.45, 2.75) is 31.2 Å². The molecule has 2 aromatic rings. The molecule has 2 aliphatic carbocycles. The maximum absolute atomic E-state index is 5.89. The number of halogens is 1. The fourth-order valence-electron chi connectivity index (χ4n) is 4.15. The third kappa shape index (κ3) is 2.48. The molecule has 4 atom stereocenters. The first kappa shape index (κ1) is 13.9. The maximum Gasteiger partial charge on any atom is 0.0295 e. The highest BCUT2D eigenvalue weighted by Crippen LogP contribution is 2.61. The number of nitrogens with two attached hydrogens (primary N) is 1. The maximum atomic E-state index is 5.89. The molecule has 2 nitrogen and oxygen atoms in total. The van der Waals surface area contributed by atoms with Crippen molar-refractivity contribution in [2.75, 3.05) is 0 Å². The largest absolute Gasteiger partial charge is 0.271 e. The minimum atomic E-state index is 0.386. The predicted octanol–water partition coefficient (Wildman–Crippen LogP) is 3.86. The first-order valence-corrected chi connectivity index (χ1v) is 9.22. The van der Waals surface area contributed by atoms with Crippen LogP contribution in [-0.2, 0) is 12.8 Å². The molecule has 0 bridgehead atoms. The Bertz CT molecular complexity index is 654. The smallest absolute Gasteiger partial charge is 0.0295 e. The highest BCUT2D eigenvalue weighted by molar-refractivity contribution is 9.10. The summed E-state index contributed by atoms with van der Waals surface area (Å²) < 4.78 is 1.18. The Kier molecular flexibility index (Phi) is 3.66. The zero-order chi connectivity index (χ0) is 14.4. The van der Waals surface area contributed by atoms with Gasteiger partial charge in [0.2, 0.25) is 0 Å². The summed E-state index contributed by atoms with van der Waals surface area (Å²) in [4.78, 5) is 1.40. The average Bonchev–Trinajstić information content (AvgIpc) is 3.11.